The van der Waals surface area contributed by atoms with Crippen molar-refractivity contribution in [2.45, 2.75) is 140 Å². The molecule has 4 aliphatic rings. The Kier molecular flexibility index (Phi) is 13.0. The summed E-state index contributed by atoms with van der Waals surface area (Å²) in [7, 11) is -2.26. The van der Waals surface area contributed by atoms with E-state index in [1.165, 1.54) is 6.07 Å². The van der Waals surface area contributed by atoms with Crippen LogP contribution in [0.15, 0.2) is 60.8 Å². The molecule has 4 atom stereocenters. The standard InChI is InChI=1S/C53H63F2IN6O4Si/c1-32(2)67(33(3)4,34(5)6)24-21-41-44(54)20-17-35-13-10-16-42(45(35)41)47-46(55)48-43(27-57-47)49(60-28-37-18-19-38(29-60)62(37)51(63)66-52(7,8)9)59-50(58-48)64-31-53-22-12-23-61(53)30-40(26-53)65-39-15-11-14-36(56)25-39/h10-11,13-17,20,25,27,32-34,37-38,40H,12,18-19,22-23,26,28-31H2,1-9H3/t37?,38?,40-,53+/m0/s1. The van der Waals surface area contributed by atoms with Crippen molar-refractivity contribution in [1.82, 2.24) is 24.8 Å². The Balaban J connectivity index is 1.13. The van der Waals surface area contributed by atoms with E-state index in [4.69, 9.17) is 29.2 Å². The van der Waals surface area contributed by atoms with Gasteiger partial charge in [-0.25, -0.2) is 13.6 Å². The number of ether oxygens (including phenoxy) is 3. The van der Waals surface area contributed by atoms with Crippen molar-refractivity contribution < 1.29 is 27.8 Å². The van der Waals surface area contributed by atoms with Crippen molar-refractivity contribution in [3.63, 3.8) is 0 Å². The fourth-order valence-corrected chi connectivity index (χ4v) is 17.7. The molecule has 1 amide bonds. The van der Waals surface area contributed by atoms with Gasteiger partial charge in [0.1, 0.15) is 55.0 Å². The van der Waals surface area contributed by atoms with Crippen molar-refractivity contribution in [3.8, 4) is 34.5 Å². The Morgan fingerprint density at radius 2 is 1.67 bits per heavy atom. The Labute approximate surface area is 408 Å². The van der Waals surface area contributed by atoms with Gasteiger partial charge in [0.2, 0.25) is 0 Å². The number of hydrogen-bond acceptors (Lipinski definition) is 9. The minimum atomic E-state index is -2.26. The van der Waals surface area contributed by atoms with Gasteiger partial charge in [-0.05, 0) is 122 Å². The normalized spacial score (nSPS) is 22.0. The highest BCUT2D eigenvalue weighted by molar-refractivity contribution is 14.1. The predicted octanol–water partition coefficient (Wildman–Crippen LogP) is 12.0. The van der Waals surface area contributed by atoms with Gasteiger partial charge >= 0.3 is 12.1 Å². The number of aromatic nitrogens is 3. The lowest BCUT2D eigenvalue weighted by Crippen LogP contribution is -2.57. The number of piperazine rings is 1. The second-order valence-electron chi connectivity index (χ2n) is 21.1. The average molecular weight is 1040 g/mol. The van der Waals surface area contributed by atoms with E-state index in [-0.39, 0.29) is 52.6 Å². The first-order valence-corrected chi connectivity index (χ1v) is 27.4. The van der Waals surface area contributed by atoms with E-state index in [0.29, 0.717) is 58.5 Å². The van der Waals surface area contributed by atoms with Gasteiger partial charge in [-0.15, -0.1) is 5.54 Å². The van der Waals surface area contributed by atoms with Gasteiger partial charge in [0, 0.05) is 46.8 Å². The fraction of sp³-hybridized carbons (Fsp3) is 0.509. The Bertz CT molecular complexity index is 2740. The van der Waals surface area contributed by atoms with Gasteiger partial charge < -0.3 is 19.1 Å². The van der Waals surface area contributed by atoms with Crippen molar-refractivity contribution in [2.75, 3.05) is 37.7 Å². The summed E-state index contributed by atoms with van der Waals surface area (Å²) < 4.78 is 54.2. The summed E-state index contributed by atoms with van der Waals surface area (Å²) in [6, 6.07) is 16.6. The summed E-state index contributed by atoms with van der Waals surface area (Å²) in [6.07, 6.45) is 5.65. The number of carbonyl (C=O) groups excluding carboxylic acids is 1. The summed E-state index contributed by atoms with van der Waals surface area (Å²) in [5.74, 6) is 3.61. The molecule has 4 fully saturated rings. The van der Waals surface area contributed by atoms with Crippen LogP contribution in [-0.2, 0) is 4.74 Å². The maximum atomic E-state index is 17.8. The van der Waals surface area contributed by atoms with Crippen LogP contribution in [0.1, 0.15) is 100.0 Å². The molecule has 4 aliphatic heterocycles. The minimum absolute atomic E-state index is 0.0157. The molecule has 0 N–H and O–H groups in total. The molecular weight excluding hydrogens is 978 g/mol. The molecule has 9 rings (SSSR count). The number of halogens is 3. The quantitative estimate of drug-likeness (QED) is 0.0770. The molecule has 67 heavy (non-hydrogen) atoms. The maximum Gasteiger partial charge on any atom is 0.410 e. The molecular formula is C53H63F2IN6O4Si. The molecule has 0 radical (unpaired) electrons. The molecule has 0 aliphatic carbocycles. The summed E-state index contributed by atoms with van der Waals surface area (Å²) >= 11 is 2.30. The zero-order valence-corrected chi connectivity index (χ0v) is 43.4. The van der Waals surface area contributed by atoms with E-state index in [2.05, 4.69) is 97.5 Å². The van der Waals surface area contributed by atoms with Crippen LogP contribution in [0.25, 0.3) is 32.9 Å². The zero-order valence-electron chi connectivity index (χ0n) is 40.3. The lowest BCUT2D eigenvalue weighted by molar-refractivity contribution is 0.0122. The van der Waals surface area contributed by atoms with E-state index < -0.39 is 25.3 Å². The van der Waals surface area contributed by atoms with Crippen LogP contribution in [0, 0.1) is 26.7 Å². The Morgan fingerprint density at radius 1 is 0.955 bits per heavy atom. The first-order valence-electron chi connectivity index (χ1n) is 24.0. The first kappa shape index (κ1) is 47.5. The van der Waals surface area contributed by atoms with Crippen LogP contribution in [0.4, 0.5) is 19.4 Å². The minimum Gasteiger partial charge on any atom is -0.489 e. The smallest absolute Gasteiger partial charge is 0.410 e. The summed E-state index contributed by atoms with van der Waals surface area (Å²) in [4.78, 5) is 34.7. The third-order valence-electron chi connectivity index (χ3n) is 14.9. The molecule has 4 saturated heterocycles. The largest absolute Gasteiger partial charge is 0.489 e. The number of pyridine rings is 1. The summed E-state index contributed by atoms with van der Waals surface area (Å²) in [5, 5.41) is 1.69. The number of anilines is 1. The Morgan fingerprint density at radius 3 is 2.36 bits per heavy atom. The topological polar surface area (TPSA) is 93.2 Å². The van der Waals surface area contributed by atoms with Crippen LogP contribution in [0.2, 0.25) is 16.6 Å². The highest BCUT2D eigenvalue weighted by Crippen LogP contribution is 2.44. The number of amides is 1. The third-order valence-corrected chi connectivity index (χ3v) is 21.9. The van der Waals surface area contributed by atoms with Gasteiger partial charge in [0.15, 0.2) is 5.82 Å². The lowest BCUT2D eigenvalue weighted by Gasteiger charge is -2.42. The van der Waals surface area contributed by atoms with E-state index >= 15 is 8.78 Å². The van der Waals surface area contributed by atoms with Gasteiger partial charge in [-0.2, -0.15) is 9.97 Å². The molecule has 6 heterocycles. The number of carbonyl (C=O) groups is 1. The van der Waals surface area contributed by atoms with E-state index in [1.807, 2.05) is 49.9 Å². The molecule has 2 aromatic heterocycles. The Hall–Kier alpha value is -4.59. The molecule has 2 bridgehead atoms. The molecule has 354 valence electrons. The summed E-state index contributed by atoms with van der Waals surface area (Å²) in [5.41, 5.74) is 4.60. The number of benzene rings is 3. The molecule has 3 aromatic carbocycles. The van der Waals surface area contributed by atoms with Gasteiger partial charge in [-0.3, -0.25) is 14.8 Å². The molecule has 0 saturated carbocycles. The van der Waals surface area contributed by atoms with Crippen molar-refractivity contribution in [2.24, 2.45) is 0 Å². The number of hydrogen-bond donors (Lipinski definition) is 0. The average Bonchev–Trinajstić information content (AvgIpc) is 3.90. The number of rotatable bonds is 10. The zero-order chi connectivity index (χ0) is 47.6. The lowest BCUT2D eigenvalue weighted by atomic mass is 9.94. The van der Waals surface area contributed by atoms with Crippen LogP contribution in [0.5, 0.6) is 11.8 Å². The summed E-state index contributed by atoms with van der Waals surface area (Å²) in [6.45, 7) is 22.0. The predicted molar refractivity (Wildman–Crippen MR) is 272 cm³/mol. The van der Waals surface area contributed by atoms with E-state index in [1.54, 1.807) is 18.3 Å². The first-order chi connectivity index (χ1) is 31.9. The third kappa shape index (κ3) is 8.97. The highest BCUT2D eigenvalue weighted by atomic mass is 127. The molecule has 14 heteroatoms. The second-order valence-corrected chi connectivity index (χ2v) is 28.0. The van der Waals surface area contributed by atoms with E-state index in [9.17, 15) is 4.79 Å². The van der Waals surface area contributed by atoms with Gasteiger partial charge in [-0.1, -0.05) is 77.8 Å². The van der Waals surface area contributed by atoms with Crippen molar-refractivity contribution in [3.05, 3.63) is 81.6 Å². The maximum absolute atomic E-state index is 17.8. The molecule has 2 unspecified atom stereocenters. The number of nitrogens with zero attached hydrogens (tertiary/aromatic N) is 6. The fourth-order valence-electron chi connectivity index (χ4n) is 12.0. The van der Waals surface area contributed by atoms with E-state index in [0.717, 1.165) is 59.9 Å². The van der Waals surface area contributed by atoms with Crippen molar-refractivity contribution in [1.29, 1.82) is 0 Å². The van der Waals surface area contributed by atoms with Crippen molar-refractivity contribution >= 4 is 64.3 Å². The van der Waals surface area contributed by atoms with Crippen LogP contribution in [-0.4, -0.2) is 101 Å². The van der Waals surface area contributed by atoms with Crippen LogP contribution < -0.4 is 14.4 Å². The SMILES string of the molecule is CC(C)[Si](C#Cc1c(F)ccc2cccc(-c3ncc4c(N5CC6CCC(C5)N6C(=O)OC(C)(C)C)nc(OC[C@]56CCCN5C[C@@H](Oc5cccc(I)c5)C6)nc4c3F)c12)(C(C)C)C(C)C. The molecule has 10 nitrogen and oxygen atoms in total. The second kappa shape index (κ2) is 18.4. The monoisotopic (exact) mass is 1040 g/mol. The number of fused-ring (bicyclic) bond motifs is 5. The van der Waals surface area contributed by atoms with Gasteiger partial charge in [0.25, 0.3) is 0 Å². The highest BCUT2D eigenvalue weighted by Gasteiger charge is 2.51. The molecule has 5 aromatic rings. The van der Waals surface area contributed by atoms with Crippen LogP contribution in [0.3, 0.4) is 0 Å². The van der Waals surface area contributed by atoms with Crippen LogP contribution >= 0.6 is 22.6 Å². The molecule has 0 spiro atoms. The van der Waals surface area contributed by atoms with Gasteiger partial charge in [0.05, 0.1) is 28.6 Å².